The fraction of sp³-hybridized carbons (Fsp3) is 0.240. The van der Waals surface area contributed by atoms with Crippen LogP contribution in [0.5, 0.6) is 5.75 Å². The summed E-state index contributed by atoms with van der Waals surface area (Å²) in [5.74, 6) is -1.83. The Labute approximate surface area is 211 Å². The molecule has 8 nitrogen and oxygen atoms in total. The maximum absolute atomic E-state index is 12.8. The zero-order chi connectivity index (χ0) is 25.7. The molecule has 2 aromatic carbocycles. The molecule has 0 unspecified atom stereocenters. The number of carbonyl (C=O) groups is 3. The average Bonchev–Trinajstić information content (AvgIpc) is 3.15. The lowest BCUT2D eigenvalue weighted by molar-refractivity contribution is -0.119. The van der Waals surface area contributed by atoms with Crippen molar-refractivity contribution in [2.75, 3.05) is 31.4 Å². The molecule has 1 amide bonds. The van der Waals surface area contributed by atoms with Crippen LogP contribution >= 0.6 is 22.9 Å². The summed E-state index contributed by atoms with van der Waals surface area (Å²) in [6.07, 6.45) is 0. The van der Waals surface area contributed by atoms with E-state index in [1.807, 2.05) is 38.1 Å². The third-order valence-electron chi connectivity index (χ3n) is 5.03. The van der Waals surface area contributed by atoms with Gasteiger partial charge in [-0.3, -0.25) is 4.79 Å². The lowest BCUT2D eigenvalue weighted by Crippen LogP contribution is -2.22. The topological polar surface area (TPSA) is 117 Å². The molecular formula is C25H25ClN2O6S. The Morgan fingerprint density at radius 1 is 1.06 bits per heavy atom. The zero-order valence-electron chi connectivity index (χ0n) is 19.7. The minimum absolute atomic E-state index is 0.0281. The fourth-order valence-corrected chi connectivity index (χ4v) is 4.61. The molecule has 3 aromatic rings. The molecule has 0 radical (unpaired) electrons. The van der Waals surface area contributed by atoms with Crippen LogP contribution in [0.3, 0.4) is 0 Å². The van der Waals surface area contributed by atoms with Crippen molar-refractivity contribution in [3.05, 3.63) is 63.0 Å². The summed E-state index contributed by atoms with van der Waals surface area (Å²) >= 11 is 7.23. The van der Waals surface area contributed by atoms with Crippen LogP contribution in [0.4, 0.5) is 10.7 Å². The molecular weight excluding hydrogens is 492 g/mol. The van der Waals surface area contributed by atoms with Crippen LogP contribution < -0.4 is 15.8 Å². The third kappa shape index (κ3) is 5.93. The summed E-state index contributed by atoms with van der Waals surface area (Å²) < 4.78 is 15.5. The molecule has 184 valence electrons. The summed E-state index contributed by atoms with van der Waals surface area (Å²) in [4.78, 5) is 38.8. The normalized spacial score (nSPS) is 10.5. The molecule has 35 heavy (non-hydrogen) atoms. The van der Waals surface area contributed by atoms with Gasteiger partial charge in [-0.05, 0) is 32.4 Å². The number of nitrogens with one attached hydrogen (secondary N) is 1. The van der Waals surface area contributed by atoms with Gasteiger partial charge >= 0.3 is 11.9 Å². The van der Waals surface area contributed by atoms with E-state index in [2.05, 4.69) is 5.32 Å². The molecule has 0 spiro atoms. The lowest BCUT2D eigenvalue weighted by atomic mass is 10.0. The number of carbonyl (C=O) groups excluding carboxylic acids is 3. The highest BCUT2D eigenvalue weighted by molar-refractivity contribution is 7.17. The van der Waals surface area contributed by atoms with Gasteiger partial charge in [-0.25, -0.2) is 9.59 Å². The number of aryl methyl sites for hydroxylation is 2. The fourth-order valence-electron chi connectivity index (χ4n) is 3.37. The number of nitrogen functional groups attached to an aromatic ring is 1. The largest absolute Gasteiger partial charge is 0.496 e. The van der Waals surface area contributed by atoms with Crippen molar-refractivity contribution >= 4 is 51.5 Å². The molecule has 0 fully saturated rings. The van der Waals surface area contributed by atoms with Gasteiger partial charge in [0.2, 0.25) is 0 Å². The van der Waals surface area contributed by atoms with Crippen molar-refractivity contribution in [1.29, 1.82) is 0 Å². The molecule has 0 aliphatic rings. The Morgan fingerprint density at radius 3 is 2.37 bits per heavy atom. The van der Waals surface area contributed by atoms with E-state index in [4.69, 9.17) is 31.5 Å². The predicted molar refractivity (Wildman–Crippen MR) is 137 cm³/mol. The molecule has 1 aromatic heterocycles. The molecule has 3 rings (SSSR count). The van der Waals surface area contributed by atoms with Gasteiger partial charge in [0.15, 0.2) is 6.61 Å². The predicted octanol–water partition coefficient (Wildman–Crippen LogP) is 5.25. The Hall–Kier alpha value is -3.56. The van der Waals surface area contributed by atoms with Gasteiger partial charge in [-0.2, -0.15) is 0 Å². The van der Waals surface area contributed by atoms with Crippen molar-refractivity contribution in [2.24, 2.45) is 0 Å². The van der Waals surface area contributed by atoms with Crippen LogP contribution in [0.15, 0.2) is 36.4 Å². The number of amides is 1. The number of anilines is 2. The van der Waals surface area contributed by atoms with Gasteiger partial charge in [-0.15, -0.1) is 11.3 Å². The summed E-state index contributed by atoms with van der Waals surface area (Å²) in [5.41, 5.74) is 8.84. The number of hydrogen-bond acceptors (Lipinski definition) is 8. The van der Waals surface area contributed by atoms with E-state index in [1.165, 1.54) is 30.6 Å². The number of thiophene rings is 1. The highest BCUT2D eigenvalue weighted by Crippen LogP contribution is 2.40. The van der Waals surface area contributed by atoms with E-state index >= 15 is 0 Å². The SMILES string of the molecule is CCOC(=O)c1c(NC(=O)COC(=O)c2cc(Cl)c(N)cc2OC)sc(C)c1-c1ccc(C)cc1. The first kappa shape index (κ1) is 26.1. The molecule has 10 heteroatoms. The van der Waals surface area contributed by atoms with Crippen LogP contribution in [-0.2, 0) is 14.3 Å². The number of ether oxygens (including phenoxy) is 3. The van der Waals surface area contributed by atoms with Crippen LogP contribution in [0.1, 0.15) is 38.1 Å². The number of halogens is 1. The highest BCUT2D eigenvalue weighted by Gasteiger charge is 2.26. The molecule has 0 bridgehead atoms. The van der Waals surface area contributed by atoms with Crippen LogP contribution in [0.25, 0.3) is 11.1 Å². The maximum Gasteiger partial charge on any atom is 0.342 e. The van der Waals surface area contributed by atoms with Gasteiger partial charge in [-0.1, -0.05) is 41.4 Å². The summed E-state index contributed by atoms with van der Waals surface area (Å²) in [6, 6.07) is 10.4. The number of rotatable bonds is 8. The van der Waals surface area contributed by atoms with Gasteiger partial charge in [0.05, 0.1) is 24.4 Å². The van der Waals surface area contributed by atoms with Crippen LogP contribution in [-0.4, -0.2) is 38.2 Å². The quantitative estimate of drug-likeness (QED) is 0.310. The van der Waals surface area contributed by atoms with Gasteiger partial charge in [0, 0.05) is 16.5 Å². The number of benzene rings is 2. The molecule has 3 N–H and O–H groups in total. The monoisotopic (exact) mass is 516 g/mol. The summed E-state index contributed by atoms with van der Waals surface area (Å²) in [6.45, 7) is 5.12. The van der Waals surface area contributed by atoms with E-state index in [0.29, 0.717) is 10.6 Å². The smallest absolute Gasteiger partial charge is 0.342 e. The molecule has 0 saturated heterocycles. The van der Waals surface area contributed by atoms with Crippen molar-refractivity contribution in [1.82, 2.24) is 0 Å². The van der Waals surface area contributed by atoms with Crippen molar-refractivity contribution < 1.29 is 28.6 Å². The number of hydrogen-bond donors (Lipinski definition) is 2. The second-order valence-electron chi connectivity index (χ2n) is 7.52. The first-order valence-electron chi connectivity index (χ1n) is 10.6. The van der Waals surface area contributed by atoms with Crippen molar-refractivity contribution in [3.63, 3.8) is 0 Å². The van der Waals surface area contributed by atoms with E-state index in [-0.39, 0.29) is 34.2 Å². The molecule has 0 aliphatic heterocycles. The number of esters is 2. The van der Waals surface area contributed by atoms with Gasteiger partial charge in [0.25, 0.3) is 5.91 Å². The maximum atomic E-state index is 12.8. The number of methoxy groups -OCH3 is 1. The summed E-state index contributed by atoms with van der Waals surface area (Å²) in [5, 5.41) is 3.14. The standard InChI is InChI=1S/C25H25ClN2O6S/c1-5-33-25(31)22-21(15-8-6-13(2)7-9-15)14(3)35-23(22)28-20(29)12-34-24(30)16-10-17(26)18(27)11-19(16)32-4/h6-11H,5,12,27H2,1-4H3,(H,28,29). The zero-order valence-corrected chi connectivity index (χ0v) is 21.3. The minimum Gasteiger partial charge on any atom is -0.496 e. The molecule has 0 aliphatic carbocycles. The van der Waals surface area contributed by atoms with Gasteiger partial charge < -0.3 is 25.3 Å². The highest BCUT2D eigenvalue weighted by atomic mass is 35.5. The third-order valence-corrected chi connectivity index (χ3v) is 6.38. The Morgan fingerprint density at radius 2 is 1.74 bits per heavy atom. The van der Waals surface area contributed by atoms with Crippen LogP contribution in [0, 0.1) is 13.8 Å². The second kappa shape index (κ2) is 11.2. The first-order valence-corrected chi connectivity index (χ1v) is 11.8. The van der Waals surface area contributed by atoms with E-state index in [9.17, 15) is 14.4 Å². The molecule has 0 atom stereocenters. The lowest BCUT2D eigenvalue weighted by Gasteiger charge is -2.11. The molecule has 0 saturated carbocycles. The van der Waals surface area contributed by atoms with E-state index in [1.54, 1.807) is 6.92 Å². The van der Waals surface area contributed by atoms with Gasteiger partial charge in [0.1, 0.15) is 21.9 Å². The Balaban J connectivity index is 1.82. The second-order valence-corrected chi connectivity index (χ2v) is 9.15. The van der Waals surface area contributed by atoms with Crippen LogP contribution in [0.2, 0.25) is 5.02 Å². The van der Waals surface area contributed by atoms with E-state index < -0.39 is 24.5 Å². The Kier molecular flexibility index (Phi) is 8.37. The average molecular weight is 517 g/mol. The summed E-state index contributed by atoms with van der Waals surface area (Å²) in [7, 11) is 1.37. The van der Waals surface area contributed by atoms with Crippen molar-refractivity contribution in [3.8, 4) is 16.9 Å². The Bertz CT molecular complexity index is 1270. The molecule has 1 heterocycles. The first-order chi connectivity index (χ1) is 16.7. The van der Waals surface area contributed by atoms with E-state index in [0.717, 1.165) is 16.0 Å². The number of nitrogens with two attached hydrogens (primary N) is 1. The minimum atomic E-state index is -0.813. The van der Waals surface area contributed by atoms with Crippen molar-refractivity contribution in [2.45, 2.75) is 20.8 Å².